The van der Waals surface area contributed by atoms with E-state index in [1.54, 1.807) is 19.1 Å². The van der Waals surface area contributed by atoms with Gasteiger partial charge in [-0.3, -0.25) is 4.79 Å². The molecule has 128 valence electrons. The van der Waals surface area contributed by atoms with Gasteiger partial charge in [-0.05, 0) is 25.3 Å². The fourth-order valence-corrected chi connectivity index (χ4v) is 2.86. The van der Waals surface area contributed by atoms with E-state index in [1.807, 2.05) is 0 Å². The molecule has 0 saturated carbocycles. The molecule has 23 heavy (non-hydrogen) atoms. The number of carbonyl (C=O) groups excluding carboxylic acids is 1. The summed E-state index contributed by atoms with van der Waals surface area (Å²) in [6.45, 7) is 2.78. The number of likely N-dealkylation sites (N-methyl/N-ethyl adjacent to an activating group) is 1. The smallest absolute Gasteiger partial charge is 0.222 e. The number of carbonyl (C=O) groups is 1. The van der Waals surface area contributed by atoms with Crippen molar-refractivity contribution >= 4 is 5.91 Å². The van der Waals surface area contributed by atoms with Gasteiger partial charge in [-0.2, -0.15) is 0 Å². The van der Waals surface area contributed by atoms with E-state index in [4.69, 9.17) is 9.47 Å². The Morgan fingerprint density at radius 2 is 2.04 bits per heavy atom. The molecule has 0 radical (unpaired) electrons. The van der Waals surface area contributed by atoms with Crippen molar-refractivity contribution in [2.45, 2.75) is 44.4 Å². The van der Waals surface area contributed by atoms with Crippen molar-refractivity contribution in [3.63, 3.8) is 0 Å². The molecule has 1 aromatic rings. The Bertz CT molecular complexity index is 502. The van der Waals surface area contributed by atoms with Crippen molar-refractivity contribution < 1.29 is 19.4 Å². The highest BCUT2D eigenvalue weighted by Crippen LogP contribution is 2.17. The minimum Gasteiger partial charge on any atom is -0.388 e. The van der Waals surface area contributed by atoms with Crippen LogP contribution >= 0.6 is 0 Å². The van der Waals surface area contributed by atoms with Crippen molar-refractivity contribution in [1.82, 2.24) is 4.90 Å². The van der Waals surface area contributed by atoms with E-state index in [9.17, 15) is 9.90 Å². The van der Waals surface area contributed by atoms with Gasteiger partial charge in [-0.25, -0.2) is 0 Å². The van der Waals surface area contributed by atoms with Crippen LogP contribution < -0.4 is 0 Å². The first kappa shape index (κ1) is 17.9. The molecule has 1 aliphatic heterocycles. The van der Waals surface area contributed by atoms with E-state index < -0.39 is 6.10 Å². The highest BCUT2D eigenvalue weighted by molar-refractivity contribution is 5.76. The van der Waals surface area contributed by atoms with Crippen LogP contribution in [0.2, 0.25) is 0 Å². The average Bonchev–Trinajstić information content (AvgIpc) is 2.56. The summed E-state index contributed by atoms with van der Waals surface area (Å²) in [4.78, 5) is 13.9. The first-order valence-electron chi connectivity index (χ1n) is 8.12. The molecular weight excluding hydrogens is 294 g/mol. The number of aryl methyl sites for hydroxylation is 2. The topological polar surface area (TPSA) is 59.0 Å². The number of hydrogen-bond donors (Lipinski definition) is 1. The normalized spacial score (nSPS) is 24.4. The number of aliphatic hydroxyl groups excluding tert-OH is 1. The van der Waals surface area contributed by atoms with Crippen LogP contribution in [-0.2, 0) is 20.7 Å². The molecule has 1 heterocycles. The SMILES string of the molecule is CO[C@@H]1COC[C@@H](N(C)C(=O)CCCc2ccc(C)cc2)[C@@H]1O. The number of rotatable bonds is 6. The van der Waals surface area contributed by atoms with E-state index in [0.717, 1.165) is 12.8 Å². The Labute approximate surface area is 138 Å². The maximum Gasteiger partial charge on any atom is 0.222 e. The van der Waals surface area contributed by atoms with E-state index >= 15 is 0 Å². The average molecular weight is 321 g/mol. The molecule has 5 nitrogen and oxygen atoms in total. The second-order valence-corrected chi connectivity index (χ2v) is 6.21. The molecular formula is C18H27NO4. The van der Waals surface area contributed by atoms with Crippen LogP contribution in [0.5, 0.6) is 0 Å². The first-order chi connectivity index (χ1) is 11.0. The number of hydrogen-bond acceptors (Lipinski definition) is 4. The number of amides is 1. The Morgan fingerprint density at radius 3 is 2.70 bits per heavy atom. The number of benzene rings is 1. The molecule has 3 atom stereocenters. The predicted molar refractivity (Wildman–Crippen MR) is 88.3 cm³/mol. The van der Waals surface area contributed by atoms with E-state index in [1.165, 1.54) is 11.1 Å². The largest absolute Gasteiger partial charge is 0.388 e. The lowest BCUT2D eigenvalue weighted by Crippen LogP contribution is -2.56. The highest BCUT2D eigenvalue weighted by atomic mass is 16.5. The van der Waals surface area contributed by atoms with Gasteiger partial charge in [-0.15, -0.1) is 0 Å². The molecule has 1 saturated heterocycles. The summed E-state index contributed by atoms with van der Waals surface area (Å²) in [5.74, 6) is 0.0292. The van der Waals surface area contributed by atoms with Crippen molar-refractivity contribution in [1.29, 1.82) is 0 Å². The maximum atomic E-state index is 12.3. The number of aliphatic hydroxyl groups is 1. The molecule has 5 heteroatoms. The van der Waals surface area contributed by atoms with Crippen LogP contribution in [0.25, 0.3) is 0 Å². The molecule has 0 bridgehead atoms. The first-order valence-corrected chi connectivity index (χ1v) is 8.12. The van der Waals surface area contributed by atoms with Crippen LogP contribution in [0.4, 0.5) is 0 Å². The van der Waals surface area contributed by atoms with Crippen LogP contribution in [0.1, 0.15) is 24.0 Å². The van der Waals surface area contributed by atoms with Gasteiger partial charge in [0.05, 0.1) is 19.3 Å². The summed E-state index contributed by atoms with van der Waals surface area (Å²) >= 11 is 0. The zero-order valence-electron chi connectivity index (χ0n) is 14.2. The fourth-order valence-electron chi connectivity index (χ4n) is 2.86. The number of ether oxygens (including phenoxy) is 2. The third-order valence-electron chi connectivity index (χ3n) is 4.52. The van der Waals surface area contributed by atoms with Crippen molar-refractivity contribution in [3.05, 3.63) is 35.4 Å². The Morgan fingerprint density at radius 1 is 1.35 bits per heavy atom. The van der Waals surface area contributed by atoms with Crippen molar-refractivity contribution in [3.8, 4) is 0 Å². The van der Waals surface area contributed by atoms with E-state index in [-0.39, 0.29) is 18.1 Å². The Hall–Kier alpha value is -1.43. The third-order valence-corrected chi connectivity index (χ3v) is 4.52. The molecule has 0 aromatic heterocycles. The van der Waals surface area contributed by atoms with Crippen LogP contribution in [0.3, 0.4) is 0 Å². The molecule has 0 unspecified atom stereocenters. The van der Waals surface area contributed by atoms with Gasteiger partial charge in [0.25, 0.3) is 0 Å². The summed E-state index contributed by atoms with van der Waals surface area (Å²) in [5, 5.41) is 10.3. The standard InChI is InChI=1S/C18H27NO4/c1-13-7-9-14(10-8-13)5-4-6-17(20)19(2)15-11-23-12-16(22-3)18(15)21/h7-10,15-16,18,21H,4-6,11-12H2,1-3H3/t15-,16-,18+/m1/s1. The van der Waals surface area contributed by atoms with E-state index in [2.05, 4.69) is 31.2 Å². The molecule has 1 amide bonds. The maximum absolute atomic E-state index is 12.3. The third kappa shape index (κ3) is 4.77. The summed E-state index contributed by atoms with van der Waals surface area (Å²) in [7, 11) is 3.27. The van der Waals surface area contributed by atoms with E-state index in [0.29, 0.717) is 19.6 Å². The number of methoxy groups -OCH3 is 1. The number of nitrogens with zero attached hydrogens (tertiary/aromatic N) is 1. The van der Waals surface area contributed by atoms with Crippen molar-refractivity contribution in [2.75, 3.05) is 27.4 Å². The quantitative estimate of drug-likeness (QED) is 0.864. The molecule has 1 aromatic carbocycles. The van der Waals surface area contributed by atoms with Gasteiger partial charge < -0.3 is 19.5 Å². The lowest BCUT2D eigenvalue weighted by Gasteiger charge is -2.38. The molecule has 0 aliphatic carbocycles. The van der Waals surface area contributed by atoms with Gasteiger partial charge in [0.2, 0.25) is 5.91 Å². The molecule has 1 N–H and O–H groups in total. The minimum atomic E-state index is -0.709. The van der Waals surface area contributed by atoms with Crippen molar-refractivity contribution in [2.24, 2.45) is 0 Å². The van der Waals surface area contributed by atoms with Crippen LogP contribution in [-0.4, -0.2) is 61.5 Å². The van der Waals surface area contributed by atoms with Crippen LogP contribution in [0, 0.1) is 6.92 Å². The highest BCUT2D eigenvalue weighted by Gasteiger charge is 2.36. The minimum absolute atomic E-state index is 0.0292. The summed E-state index contributed by atoms with van der Waals surface area (Å²) in [5.41, 5.74) is 2.48. The van der Waals surface area contributed by atoms with Gasteiger partial charge in [0.15, 0.2) is 0 Å². The van der Waals surface area contributed by atoms with Crippen LogP contribution in [0.15, 0.2) is 24.3 Å². The zero-order chi connectivity index (χ0) is 16.8. The monoisotopic (exact) mass is 321 g/mol. The lowest BCUT2D eigenvalue weighted by molar-refractivity contribution is -0.158. The molecule has 1 aliphatic rings. The second-order valence-electron chi connectivity index (χ2n) is 6.21. The summed E-state index contributed by atoms with van der Waals surface area (Å²) in [6, 6.07) is 8.03. The summed E-state index contributed by atoms with van der Waals surface area (Å²) in [6.07, 6.45) is 1.05. The van der Waals surface area contributed by atoms with Gasteiger partial charge >= 0.3 is 0 Å². The Kier molecular flexibility index (Phi) is 6.57. The van der Waals surface area contributed by atoms with Gasteiger partial charge in [0, 0.05) is 20.6 Å². The molecule has 2 rings (SSSR count). The zero-order valence-corrected chi connectivity index (χ0v) is 14.2. The lowest BCUT2D eigenvalue weighted by atomic mass is 10.0. The Balaban J connectivity index is 1.81. The predicted octanol–water partition coefficient (Wildman–Crippen LogP) is 1.55. The summed E-state index contributed by atoms with van der Waals surface area (Å²) < 4.78 is 10.6. The van der Waals surface area contributed by atoms with Gasteiger partial charge in [-0.1, -0.05) is 29.8 Å². The van der Waals surface area contributed by atoms with Gasteiger partial charge in [0.1, 0.15) is 12.2 Å². The molecule has 1 fully saturated rings. The fraction of sp³-hybridized carbons (Fsp3) is 0.611. The molecule has 0 spiro atoms. The second kappa shape index (κ2) is 8.43.